The standard InChI is InChI=1S/C8H14N2/c1-6-5-10-7(9)4-8(6,2)3/h5H,4H2,1-3H3,(H2,9,10). The summed E-state index contributed by atoms with van der Waals surface area (Å²) in [6, 6.07) is 0. The van der Waals surface area contributed by atoms with Crippen molar-refractivity contribution in [3.63, 3.8) is 0 Å². The molecular formula is C8H14N2. The van der Waals surface area contributed by atoms with Crippen LogP contribution in [0.3, 0.4) is 0 Å². The lowest BCUT2D eigenvalue weighted by atomic mass is 9.81. The molecule has 0 unspecified atom stereocenters. The first kappa shape index (κ1) is 7.32. The molecule has 0 amide bonds. The molecule has 1 aliphatic heterocycles. The molecule has 0 saturated heterocycles. The Morgan fingerprint density at radius 3 is 2.60 bits per heavy atom. The molecule has 0 radical (unpaired) electrons. The van der Waals surface area contributed by atoms with Gasteiger partial charge in [-0.05, 0) is 17.9 Å². The molecule has 56 valence electrons. The van der Waals surface area contributed by atoms with Gasteiger partial charge in [-0.15, -0.1) is 0 Å². The predicted octanol–water partition coefficient (Wildman–Crippen LogP) is 1.68. The first-order chi connectivity index (χ1) is 4.52. The topological polar surface area (TPSA) is 38.4 Å². The Morgan fingerprint density at radius 1 is 1.60 bits per heavy atom. The average molecular weight is 138 g/mol. The van der Waals surface area contributed by atoms with E-state index in [1.807, 2.05) is 6.20 Å². The summed E-state index contributed by atoms with van der Waals surface area (Å²) in [5.41, 5.74) is 7.10. The zero-order valence-corrected chi connectivity index (χ0v) is 6.81. The molecule has 0 aliphatic carbocycles. The third-order valence-corrected chi connectivity index (χ3v) is 2.11. The highest BCUT2D eigenvalue weighted by molar-refractivity contribution is 5.82. The summed E-state index contributed by atoms with van der Waals surface area (Å²) < 4.78 is 0. The van der Waals surface area contributed by atoms with Gasteiger partial charge in [0.15, 0.2) is 0 Å². The van der Waals surface area contributed by atoms with Crippen LogP contribution >= 0.6 is 0 Å². The number of allylic oxidation sites excluding steroid dienone is 1. The largest absolute Gasteiger partial charge is 0.387 e. The maximum atomic E-state index is 5.58. The molecule has 1 aliphatic rings. The van der Waals surface area contributed by atoms with Crippen molar-refractivity contribution in [3.8, 4) is 0 Å². The van der Waals surface area contributed by atoms with Gasteiger partial charge in [-0.25, -0.2) is 4.99 Å². The molecule has 0 atom stereocenters. The number of hydrogen-bond donors (Lipinski definition) is 1. The molecule has 0 fully saturated rings. The normalized spacial score (nSPS) is 23.5. The van der Waals surface area contributed by atoms with Crippen molar-refractivity contribution < 1.29 is 0 Å². The summed E-state index contributed by atoms with van der Waals surface area (Å²) >= 11 is 0. The quantitative estimate of drug-likeness (QED) is 0.543. The van der Waals surface area contributed by atoms with E-state index < -0.39 is 0 Å². The number of nitrogens with two attached hydrogens (primary N) is 1. The van der Waals surface area contributed by atoms with E-state index in [0.717, 1.165) is 12.3 Å². The molecule has 2 heteroatoms. The van der Waals surface area contributed by atoms with Crippen LogP contribution in [0.5, 0.6) is 0 Å². The molecule has 0 saturated carbocycles. The molecule has 0 bridgehead atoms. The van der Waals surface area contributed by atoms with Crippen molar-refractivity contribution in [2.24, 2.45) is 16.1 Å². The van der Waals surface area contributed by atoms with Crippen LogP contribution in [0, 0.1) is 5.41 Å². The van der Waals surface area contributed by atoms with Crippen LogP contribution in [0.15, 0.2) is 16.8 Å². The fourth-order valence-electron chi connectivity index (χ4n) is 0.992. The Labute approximate surface area is 61.8 Å². The van der Waals surface area contributed by atoms with Crippen molar-refractivity contribution in [1.29, 1.82) is 0 Å². The molecular weight excluding hydrogens is 124 g/mol. The van der Waals surface area contributed by atoms with Gasteiger partial charge in [0.05, 0.1) is 5.84 Å². The number of nitrogens with zero attached hydrogens (tertiary/aromatic N) is 1. The van der Waals surface area contributed by atoms with E-state index in [0.29, 0.717) is 0 Å². The summed E-state index contributed by atoms with van der Waals surface area (Å²) in [6.45, 7) is 6.46. The molecule has 0 aromatic rings. The van der Waals surface area contributed by atoms with Gasteiger partial charge in [0.2, 0.25) is 0 Å². The van der Waals surface area contributed by atoms with Gasteiger partial charge in [-0.3, -0.25) is 0 Å². The van der Waals surface area contributed by atoms with Gasteiger partial charge in [-0.2, -0.15) is 0 Å². The third kappa shape index (κ3) is 1.20. The van der Waals surface area contributed by atoms with Crippen LogP contribution in [0.1, 0.15) is 27.2 Å². The molecule has 1 heterocycles. The molecule has 0 aromatic carbocycles. The van der Waals surface area contributed by atoms with E-state index in [9.17, 15) is 0 Å². The van der Waals surface area contributed by atoms with Crippen molar-refractivity contribution in [1.82, 2.24) is 0 Å². The lowest BCUT2D eigenvalue weighted by Gasteiger charge is -2.27. The highest BCUT2D eigenvalue weighted by atomic mass is 14.8. The minimum Gasteiger partial charge on any atom is -0.387 e. The number of aliphatic imine (C=N–C) groups is 1. The van der Waals surface area contributed by atoms with E-state index in [1.54, 1.807) is 0 Å². The second kappa shape index (κ2) is 2.11. The molecule has 0 aromatic heterocycles. The Hall–Kier alpha value is -0.790. The molecule has 1 rings (SSSR count). The number of rotatable bonds is 0. The first-order valence-corrected chi connectivity index (χ1v) is 3.52. The van der Waals surface area contributed by atoms with Gasteiger partial charge in [-0.1, -0.05) is 13.8 Å². The van der Waals surface area contributed by atoms with Crippen LogP contribution in [0.4, 0.5) is 0 Å². The zero-order chi connectivity index (χ0) is 7.78. The molecule has 2 N–H and O–H groups in total. The molecule has 0 spiro atoms. The van der Waals surface area contributed by atoms with E-state index in [4.69, 9.17) is 5.73 Å². The summed E-state index contributed by atoms with van der Waals surface area (Å²) in [5, 5.41) is 0. The van der Waals surface area contributed by atoms with E-state index in [2.05, 4.69) is 25.8 Å². The van der Waals surface area contributed by atoms with Gasteiger partial charge in [0.1, 0.15) is 0 Å². The monoisotopic (exact) mass is 138 g/mol. The Morgan fingerprint density at radius 2 is 2.20 bits per heavy atom. The van der Waals surface area contributed by atoms with E-state index in [-0.39, 0.29) is 5.41 Å². The maximum absolute atomic E-state index is 5.58. The highest BCUT2D eigenvalue weighted by Crippen LogP contribution is 2.31. The lowest BCUT2D eigenvalue weighted by molar-refractivity contribution is 0.458. The van der Waals surface area contributed by atoms with Crippen molar-refractivity contribution in [2.75, 3.05) is 0 Å². The van der Waals surface area contributed by atoms with Crippen LogP contribution in [-0.4, -0.2) is 5.84 Å². The van der Waals surface area contributed by atoms with Crippen LogP contribution < -0.4 is 5.73 Å². The average Bonchev–Trinajstić information content (AvgIpc) is 1.78. The van der Waals surface area contributed by atoms with Crippen LogP contribution in [0.25, 0.3) is 0 Å². The SMILES string of the molecule is CC1=CN=C(N)CC1(C)C. The summed E-state index contributed by atoms with van der Waals surface area (Å²) in [5.74, 6) is 0.746. The Bertz CT molecular complexity index is 199. The van der Waals surface area contributed by atoms with Gasteiger partial charge < -0.3 is 5.73 Å². The minimum absolute atomic E-state index is 0.214. The van der Waals surface area contributed by atoms with Gasteiger partial charge in [0, 0.05) is 12.6 Å². The fourth-order valence-corrected chi connectivity index (χ4v) is 0.992. The molecule has 2 nitrogen and oxygen atoms in total. The maximum Gasteiger partial charge on any atom is 0.0997 e. The zero-order valence-electron chi connectivity index (χ0n) is 6.81. The second-order valence-corrected chi connectivity index (χ2v) is 3.49. The van der Waals surface area contributed by atoms with Crippen molar-refractivity contribution in [2.45, 2.75) is 27.2 Å². The predicted molar refractivity (Wildman–Crippen MR) is 43.8 cm³/mol. The lowest BCUT2D eigenvalue weighted by Crippen LogP contribution is -2.26. The summed E-state index contributed by atoms with van der Waals surface area (Å²) in [6.07, 6.45) is 2.74. The second-order valence-electron chi connectivity index (χ2n) is 3.49. The van der Waals surface area contributed by atoms with E-state index in [1.165, 1.54) is 5.57 Å². The van der Waals surface area contributed by atoms with E-state index >= 15 is 0 Å². The van der Waals surface area contributed by atoms with Gasteiger partial charge in [0.25, 0.3) is 0 Å². The summed E-state index contributed by atoms with van der Waals surface area (Å²) in [4.78, 5) is 4.04. The Kier molecular flexibility index (Phi) is 1.55. The smallest absolute Gasteiger partial charge is 0.0997 e. The van der Waals surface area contributed by atoms with Crippen molar-refractivity contribution >= 4 is 5.84 Å². The van der Waals surface area contributed by atoms with Crippen LogP contribution in [-0.2, 0) is 0 Å². The number of amidine groups is 1. The highest BCUT2D eigenvalue weighted by Gasteiger charge is 2.23. The fraction of sp³-hybridized carbons (Fsp3) is 0.625. The molecule has 10 heavy (non-hydrogen) atoms. The van der Waals surface area contributed by atoms with Gasteiger partial charge >= 0.3 is 0 Å². The first-order valence-electron chi connectivity index (χ1n) is 3.52. The summed E-state index contributed by atoms with van der Waals surface area (Å²) in [7, 11) is 0. The van der Waals surface area contributed by atoms with Crippen molar-refractivity contribution in [3.05, 3.63) is 11.8 Å². The number of hydrogen-bond acceptors (Lipinski definition) is 2. The third-order valence-electron chi connectivity index (χ3n) is 2.11. The van der Waals surface area contributed by atoms with Crippen LogP contribution in [0.2, 0.25) is 0 Å². The minimum atomic E-state index is 0.214. The Balaban J connectivity index is 2.89.